The van der Waals surface area contributed by atoms with Gasteiger partial charge in [-0.3, -0.25) is 4.79 Å². The van der Waals surface area contributed by atoms with Crippen molar-refractivity contribution in [2.75, 3.05) is 6.54 Å². The SMILES string of the molecule is N#CC(c1ccccc1)C1CCCN1C(=O)c1ccnc(C2CC2)n1. The van der Waals surface area contributed by atoms with Gasteiger partial charge in [0.2, 0.25) is 0 Å². The zero-order valence-electron chi connectivity index (χ0n) is 14.0. The molecule has 2 unspecified atom stereocenters. The molecule has 5 heteroatoms. The second-order valence-electron chi connectivity index (χ2n) is 6.80. The average molecular weight is 332 g/mol. The van der Waals surface area contributed by atoms with Crippen molar-refractivity contribution >= 4 is 5.91 Å². The number of nitrogens with zero attached hydrogens (tertiary/aromatic N) is 4. The molecule has 1 aliphatic carbocycles. The second kappa shape index (κ2) is 6.64. The summed E-state index contributed by atoms with van der Waals surface area (Å²) >= 11 is 0. The molecule has 2 atom stereocenters. The number of benzene rings is 1. The highest BCUT2D eigenvalue weighted by Crippen LogP contribution is 2.38. The van der Waals surface area contributed by atoms with Gasteiger partial charge in [-0.2, -0.15) is 5.26 Å². The summed E-state index contributed by atoms with van der Waals surface area (Å²) < 4.78 is 0. The molecule has 2 fully saturated rings. The zero-order chi connectivity index (χ0) is 17.2. The summed E-state index contributed by atoms with van der Waals surface area (Å²) in [7, 11) is 0. The second-order valence-corrected chi connectivity index (χ2v) is 6.80. The van der Waals surface area contributed by atoms with E-state index in [9.17, 15) is 10.1 Å². The molecule has 2 heterocycles. The van der Waals surface area contributed by atoms with E-state index in [1.807, 2.05) is 35.2 Å². The van der Waals surface area contributed by atoms with Gasteiger partial charge in [0.05, 0.1) is 18.0 Å². The Morgan fingerprint density at radius 3 is 2.72 bits per heavy atom. The quantitative estimate of drug-likeness (QED) is 0.861. The van der Waals surface area contributed by atoms with Crippen LogP contribution >= 0.6 is 0 Å². The summed E-state index contributed by atoms with van der Waals surface area (Å²) in [4.78, 5) is 23.6. The Balaban J connectivity index is 1.59. The third-order valence-corrected chi connectivity index (χ3v) is 5.08. The standard InChI is InChI=1S/C20H20N4O/c21-13-16(14-5-2-1-3-6-14)18-7-4-12-24(18)20(25)17-10-11-22-19(23-17)15-8-9-15/h1-3,5-6,10-11,15-16,18H,4,7-9,12H2. The molecular weight excluding hydrogens is 312 g/mol. The smallest absolute Gasteiger partial charge is 0.272 e. The maximum atomic E-state index is 13.0. The van der Waals surface area contributed by atoms with Gasteiger partial charge in [0.25, 0.3) is 5.91 Å². The lowest BCUT2D eigenvalue weighted by atomic mass is 9.91. The Kier molecular flexibility index (Phi) is 4.19. The van der Waals surface area contributed by atoms with Crippen molar-refractivity contribution in [1.82, 2.24) is 14.9 Å². The van der Waals surface area contributed by atoms with Crippen LogP contribution in [-0.2, 0) is 0 Å². The summed E-state index contributed by atoms with van der Waals surface area (Å²) in [6.07, 6.45) is 5.66. The van der Waals surface area contributed by atoms with Crippen LogP contribution in [0, 0.1) is 11.3 Å². The summed E-state index contributed by atoms with van der Waals surface area (Å²) in [5.41, 5.74) is 1.42. The maximum absolute atomic E-state index is 13.0. The van der Waals surface area contributed by atoms with E-state index in [0.717, 1.165) is 37.1 Å². The molecule has 4 rings (SSSR count). The molecule has 25 heavy (non-hydrogen) atoms. The third kappa shape index (κ3) is 3.12. The van der Waals surface area contributed by atoms with E-state index in [-0.39, 0.29) is 17.9 Å². The molecule has 0 radical (unpaired) electrons. The lowest BCUT2D eigenvalue weighted by molar-refractivity contribution is 0.0721. The van der Waals surface area contributed by atoms with E-state index in [0.29, 0.717) is 18.2 Å². The fourth-order valence-electron chi connectivity index (χ4n) is 3.61. The fourth-order valence-corrected chi connectivity index (χ4v) is 3.61. The number of carbonyl (C=O) groups is 1. The van der Waals surface area contributed by atoms with Crippen molar-refractivity contribution in [3.05, 3.63) is 59.7 Å². The summed E-state index contributed by atoms with van der Waals surface area (Å²) in [5.74, 6) is 0.806. The third-order valence-electron chi connectivity index (χ3n) is 5.08. The predicted molar refractivity (Wildman–Crippen MR) is 92.9 cm³/mol. The topological polar surface area (TPSA) is 69.9 Å². The Bertz CT molecular complexity index is 810. The first-order chi connectivity index (χ1) is 12.3. The van der Waals surface area contributed by atoms with Crippen LogP contribution in [0.4, 0.5) is 0 Å². The van der Waals surface area contributed by atoms with Gasteiger partial charge in [-0.05, 0) is 37.3 Å². The van der Waals surface area contributed by atoms with Gasteiger partial charge in [0, 0.05) is 18.7 Å². The fraction of sp³-hybridized carbons (Fsp3) is 0.400. The summed E-state index contributed by atoms with van der Waals surface area (Å²) in [5, 5.41) is 9.72. The Morgan fingerprint density at radius 1 is 1.20 bits per heavy atom. The van der Waals surface area contributed by atoms with Crippen LogP contribution in [-0.4, -0.2) is 33.4 Å². The first kappa shape index (κ1) is 15.8. The molecule has 1 aromatic heterocycles. The highest BCUT2D eigenvalue weighted by Gasteiger charge is 2.37. The van der Waals surface area contributed by atoms with Crippen molar-refractivity contribution in [3.8, 4) is 6.07 Å². The van der Waals surface area contributed by atoms with E-state index < -0.39 is 0 Å². The van der Waals surface area contributed by atoms with Crippen molar-refractivity contribution in [3.63, 3.8) is 0 Å². The highest BCUT2D eigenvalue weighted by atomic mass is 16.2. The van der Waals surface area contributed by atoms with Gasteiger partial charge < -0.3 is 4.90 Å². The van der Waals surface area contributed by atoms with E-state index in [1.54, 1.807) is 12.3 Å². The van der Waals surface area contributed by atoms with Gasteiger partial charge in [0.1, 0.15) is 11.5 Å². The van der Waals surface area contributed by atoms with E-state index in [4.69, 9.17) is 0 Å². The summed E-state index contributed by atoms with van der Waals surface area (Å²) in [6, 6.07) is 13.7. The molecule has 1 amide bonds. The molecule has 0 spiro atoms. The number of nitriles is 1. The van der Waals surface area contributed by atoms with Gasteiger partial charge in [-0.25, -0.2) is 9.97 Å². The molecule has 0 bridgehead atoms. The number of carbonyl (C=O) groups excluding carboxylic acids is 1. The van der Waals surface area contributed by atoms with Crippen LogP contribution in [0.3, 0.4) is 0 Å². The molecule has 2 aromatic rings. The molecule has 1 saturated heterocycles. The molecule has 2 aliphatic rings. The number of hydrogen-bond donors (Lipinski definition) is 0. The molecule has 126 valence electrons. The largest absolute Gasteiger partial charge is 0.333 e. The number of hydrogen-bond acceptors (Lipinski definition) is 4. The van der Waals surface area contributed by atoms with Crippen LogP contribution in [0.15, 0.2) is 42.6 Å². The van der Waals surface area contributed by atoms with Gasteiger partial charge in [-0.15, -0.1) is 0 Å². The predicted octanol–water partition coefficient (Wildman–Crippen LogP) is 3.27. The van der Waals surface area contributed by atoms with Gasteiger partial charge in [0.15, 0.2) is 0 Å². The van der Waals surface area contributed by atoms with E-state index in [2.05, 4.69) is 16.0 Å². The number of amides is 1. The molecular formula is C20H20N4O. The van der Waals surface area contributed by atoms with Crippen LogP contribution in [0.2, 0.25) is 0 Å². The Morgan fingerprint density at radius 2 is 2.00 bits per heavy atom. The molecule has 1 aliphatic heterocycles. The average Bonchev–Trinajstić information content (AvgIpc) is 3.41. The van der Waals surface area contributed by atoms with Crippen LogP contribution in [0.1, 0.15) is 59.4 Å². The zero-order valence-corrected chi connectivity index (χ0v) is 14.0. The normalized spacial score (nSPS) is 20.9. The van der Waals surface area contributed by atoms with Crippen LogP contribution < -0.4 is 0 Å². The van der Waals surface area contributed by atoms with Crippen LogP contribution in [0.5, 0.6) is 0 Å². The first-order valence-corrected chi connectivity index (χ1v) is 8.86. The molecule has 5 nitrogen and oxygen atoms in total. The monoisotopic (exact) mass is 332 g/mol. The summed E-state index contributed by atoms with van der Waals surface area (Å²) in [6.45, 7) is 0.678. The Hall–Kier alpha value is -2.74. The van der Waals surface area contributed by atoms with E-state index in [1.165, 1.54) is 0 Å². The lowest BCUT2D eigenvalue weighted by Crippen LogP contribution is -2.39. The number of aromatic nitrogens is 2. The molecule has 0 N–H and O–H groups in total. The van der Waals surface area contributed by atoms with Gasteiger partial charge >= 0.3 is 0 Å². The van der Waals surface area contributed by atoms with Crippen molar-refractivity contribution in [1.29, 1.82) is 5.26 Å². The van der Waals surface area contributed by atoms with Crippen LogP contribution in [0.25, 0.3) is 0 Å². The lowest BCUT2D eigenvalue weighted by Gasteiger charge is -2.28. The number of likely N-dealkylation sites (tertiary alicyclic amines) is 1. The van der Waals surface area contributed by atoms with Crippen molar-refractivity contribution < 1.29 is 4.79 Å². The first-order valence-electron chi connectivity index (χ1n) is 8.86. The molecule has 1 aromatic carbocycles. The van der Waals surface area contributed by atoms with Crippen molar-refractivity contribution in [2.45, 2.75) is 43.6 Å². The van der Waals surface area contributed by atoms with Gasteiger partial charge in [-0.1, -0.05) is 30.3 Å². The minimum atomic E-state index is -0.308. The van der Waals surface area contributed by atoms with Crippen molar-refractivity contribution in [2.24, 2.45) is 0 Å². The molecule has 1 saturated carbocycles. The Labute approximate surface area is 147 Å². The highest BCUT2D eigenvalue weighted by molar-refractivity contribution is 5.92. The number of rotatable bonds is 4. The van der Waals surface area contributed by atoms with E-state index >= 15 is 0 Å². The minimum absolute atomic E-state index is 0.0806. The minimum Gasteiger partial charge on any atom is -0.333 e. The maximum Gasteiger partial charge on any atom is 0.272 e.